The van der Waals surface area contributed by atoms with Gasteiger partial charge in [-0.15, -0.1) is 5.10 Å². The highest BCUT2D eigenvalue weighted by molar-refractivity contribution is 9.10. The van der Waals surface area contributed by atoms with Crippen LogP contribution in [0.25, 0.3) is 17.1 Å². The number of hydrogen-bond donors (Lipinski definition) is 1. The average molecular weight is 502 g/mol. The highest BCUT2D eigenvalue weighted by Crippen LogP contribution is 2.28. The first kappa shape index (κ1) is 20.6. The normalized spacial score (nSPS) is 10.8. The molecular weight excluding hydrogens is 487 g/mol. The van der Waals surface area contributed by atoms with Gasteiger partial charge in [0.1, 0.15) is 0 Å². The molecule has 30 heavy (non-hydrogen) atoms. The lowest BCUT2D eigenvalue weighted by Crippen LogP contribution is -2.14. The zero-order chi connectivity index (χ0) is 21.3. The molecule has 0 fully saturated rings. The molecule has 0 spiro atoms. The number of carbonyl (C=O) groups excluding carboxylic acids is 1. The van der Waals surface area contributed by atoms with Crippen molar-refractivity contribution in [1.82, 2.24) is 14.8 Å². The maximum atomic E-state index is 12.8. The Morgan fingerprint density at radius 1 is 1.00 bits per heavy atom. The number of nitrogens with zero attached hydrogens (tertiary/aromatic N) is 3. The minimum absolute atomic E-state index is 0.0437. The van der Waals surface area contributed by atoms with Crippen LogP contribution in [0.5, 0.6) is 0 Å². The largest absolute Gasteiger partial charge is 0.319 e. The summed E-state index contributed by atoms with van der Waals surface area (Å²) in [6, 6.07) is 20.0. The van der Waals surface area contributed by atoms with E-state index in [1.54, 1.807) is 28.9 Å². The van der Waals surface area contributed by atoms with Gasteiger partial charge in [0.2, 0.25) is 5.82 Å². The molecule has 0 aliphatic rings. The molecule has 1 aromatic heterocycles. The molecule has 8 heteroatoms. The van der Waals surface area contributed by atoms with Crippen molar-refractivity contribution < 1.29 is 4.79 Å². The molecule has 5 nitrogen and oxygen atoms in total. The van der Waals surface area contributed by atoms with Crippen molar-refractivity contribution in [2.24, 2.45) is 0 Å². The molecule has 4 aromatic rings. The lowest BCUT2D eigenvalue weighted by Gasteiger charge is -2.10. The molecule has 0 bridgehead atoms. The smallest absolute Gasteiger partial charge is 0.295 e. The number of hydrogen-bond acceptors (Lipinski definition) is 3. The van der Waals surface area contributed by atoms with Crippen LogP contribution in [0.3, 0.4) is 0 Å². The predicted octanol–water partition coefficient (Wildman–Crippen LogP) is 6.56. The van der Waals surface area contributed by atoms with Crippen LogP contribution in [0.15, 0.2) is 71.2 Å². The van der Waals surface area contributed by atoms with Crippen LogP contribution in [0, 0.1) is 6.92 Å². The Balaban J connectivity index is 1.79. The van der Waals surface area contributed by atoms with E-state index in [1.165, 1.54) is 0 Å². The van der Waals surface area contributed by atoms with Gasteiger partial charge in [0.15, 0.2) is 5.82 Å². The third-order valence-electron chi connectivity index (χ3n) is 4.48. The molecule has 0 unspecified atom stereocenters. The highest BCUT2D eigenvalue weighted by Gasteiger charge is 2.20. The molecule has 0 atom stereocenters. The first-order valence-electron chi connectivity index (χ1n) is 8.98. The number of nitrogens with one attached hydrogen (secondary N) is 1. The van der Waals surface area contributed by atoms with Gasteiger partial charge in [0.25, 0.3) is 5.91 Å². The van der Waals surface area contributed by atoms with Gasteiger partial charge in [0, 0.05) is 25.8 Å². The van der Waals surface area contributed by atoms with E-state index in [0.29, 0.717) is 21.6 Å². The molecule has 3 aromatic carbocycles. The van der Waals surface area contributed by atoms with Crippen molar-refractivity contribution in [2.75, 3.05) is 5.32 Å². The number of anilines is 1. The van der Waals surface area contributed by atoms with Gasteiger partial charge >= 0.3 is 0 Å². The first-order valence-corrected chi connectivity index (χ1v) is 10.5. The maximum absolute atomic E-state index is 12.8. The third-order valence-corrected chi connectivity index (χ3v) is 5.67. The Morgan fingerprint density at radius 3 is 2.40 bits per heavy atom. The highest BCUT2D eigenvalue weighted by atomic mass is 79.9. The molecule has 0 saturated heterocycles. The number of halogens is 3. The second-order valence-electron chi connectivity index (χ2n) is 6.52. The summed E-state index contributed by atoms with van der Waals surface area (Å²) < 4.78 is 2.58. The fraction of sp³-hybridized carbons (Fsp3) is 0.0455. The molecular formula is C22H15BrCl2N4O. The zero-order valence-corrected chi connectivity index (χ0v) is 18.8. The first-order chi connectivity index (χ1) is 14.4. The Bertz CT molecular complexity index is 1220. The van der Waals surface area contributed by atoms with E-state index < -0.39 is 5.91 Å². The lowest BCUT2D eigenvalue weighted by atomic mass is 10.1. The molecule has 150 valence electrons. The Morgan fingerprint density at radius 2 is 1.70 bits per heavy atom. The summed E-state index contributed by atoms with van der Waals surface area (Å²) in [4.78, 5) is 17.3. The fourth-order valence-electron chi connectivity index (χ4n) is 2.91. The van der Waals surface area contributed by atoms with Gasteiger partial charge in [-0.25, -0.2) is 9.67 Å². The summed E-state index contributed by atoms with van der Waals surface area (Å²) in [7, 11) is 0. The van der Waals surface area contributed by atoms with Crippen molar-refractivity contribution in [2.45, 2.75) is 6.92 Å². The van der Waals surface area contributed by atoms with Crippen molar-refractivity contribution in [3.05, 3.63) is 92.6 Å². The number of carbonyl (C=O) groups is 1. The molecule has 1 heterocycles. The van der Waals surface area contributed by atoms with E-state index in [2.05, 4.69) is 31.3 Å². The zero-order valence-electron chi connectivity index (χ0n) is 15.7. The van der Waals surface area contributed by atoms with Crippen molar-refractivity contribution in [1.29, 1.82) is 0 Å². The summed E-state index contributed by atoms with van der Waals surface area (Å²) in [5.74, 6) is 0.158. The van der Waals surface area contributed by atoms with Crippen LogP contribution >= 0.6 is 39.1 Å². The Kier molecular flexibility index (Phi) is 5.90. The summed E-state index contributed by atoms with van der Waals surface area (Å²) in [5.41, 5.74) is 3.01. The van der Waals surface area contributed by atoms with Crippen LogP contribution in [0.2, 0.25) is 10.0 Å². The Labute approximate surface area is 191 Å². The van der Waals surface area contributed by atoms with Gasteiger partial charge in [-0.3, -0.25) is 4.79 Å². The molecule has 0 aliphatic heterocycles. The van der Waals surface area contributed by atoms with Gasteiger partial charge in [0.05, 0.1) is 5.69 Å². The van der Waals surface area contributed by atoms with E-state index in [0.717, 1.165) is 21.3 Å². The number of aromatic nitrogens is 3. The lowest BCUT2D eigenvalue weighted by molar-refractivity contribution is 0.101. The van der Waals surface area contributed by atoms with Gasteiger partial charge in [-0.1, -0.05) is 57.3 Å². The average Bonchev–Trinajstić information content (AvgIpc) is 3.17. The standard InChI is InChI=1S/C22H15BrCl2N4O/c1-13-18(25)3-2-4-19(13)29-21(14-5-7-15(23)8-6-14)27-20(28-29)22(30)26-17-11-9-16(24)10-12-17/h2-12H,1H3,(H,26,30). The quantitative estimate of drug-likeness (QED) is 0.344. The molecule has 4 rings (SSSR count). The summed E-state index contributed by atoms with van der Waals surface area (Å²) in [5, 5.41) is 8.48. The van der Waals surface area contributed by atoms with Gasteiger partial charge in [-0.05, 0) is 61.0 Å². The topological polar surface area (TPSA) is 59.8 Å². The van der Waals surface area contributed by atoms with Crippen LogP contribution in [0.1, 0.15) is 16.2 Å². The Hall–Kier alpha value is -2.67. The van der Waals surface area contributed by atoms with Gasteiger partial charge in [-0.2, -0.15) is 0 Å². The van der Waals surface area contributed by atoms with Crippen molar-refractivity contribution >= 4 is 50.7 Å². The molecule has 0 saturated carbocycles. The van der Waals surface area contributed by atoms with Crippen LogP contribution in [-0.4, -0.2) is 20.7 Å². The summed E-state index contributed by atoms with van der Waals surface area (Å²) >= 11 is 15.7. The second kappa shape index (κ2) is 8.60. The molecule has 0 aliphatic carbocycles. The van der Waals surface area contributed by atoms with Crippen molar-refractivity contribution in [3.63, 3.8) is 0 Å². The van der Waals surface area contributed by atoms with E-state index in [9.17, 15) is 4.79 Å². The van der Waals surface area contributed by atoms with E-state index in [4.69, 9.17) is 23.2 Å². The minimum Gasteiger partial charge on any atom is -0.319 e. The SMILES string of the molecule is Cc1c(Cl)cccc1-n1nc(C(=O)Nc2ccc(Cl)cc2)nc1-c1ccc(Br)cc1. The minimum atomic E-state index is -0.422. The summed E-state index contributed by atoms with van der Waals surface area (Å²) in [6.45, 7) is 1.90. The molecule has 1 amide bonds. The van der Waals surface area contributed by atoms with E-state index >= 15 is 0 Å². The second-order valence-corrected chi connectivity index (χ2v) is 8.28. The predicted molar refractivity (Wildman–Crippen MR) is 124 cm³/mol. The number of benzene rings is 3. The van der Waals surface area contributed by atoms with Crippen LogP contribution in [0.4, 0.5) is 5.69 Å². The van der Waals surface area contributed by atoms with Crippen molar-refractivity contribution in [3.8, 4) is 17.1 Å². The number of amides is 1. The van der Waals surface area contributed by atoms with Crippen LogP contribution < -0.4 is 5.32 Å². The van der Waals surface area contributed by atoms with E-state index in [1.807, 2.05) is 49.4 Å². The molecule has 0 radical (unpaired) electrons. The van der Waals surface area contributed by atoms with Gasteiger partial charge < -0.3 is 5.32 Å². The fourth-order valence-corrected chi connectivity index (χ4v) is 3.47. The maximum Gasteiger partial charge on any atom is 0.295 e. The monoisotopic (exact) mass is 500 g/mol. The van der Waals surface area contributed by atoms with E-state index in [-0.39, 0.29) is 5.82 Å². The number of rotatable bonds is 4. The molecule has 1 N–H and O–H groups in total. The third kappa shape index (κ3) is 4.26. The summed E-state index contributed by atoms with van der Waals surface area (Å²) in [6.07, 6.45) is 0. The van der Waals surface area contributed by atoms with Crippen LogP contribution in [-0.2, 0) is 0 Å².